The van der Waals surface area contributed by atoms with Crippen molar-refractivity contribution in [2.24, 2.45) is 0 Å². The van der Waals surface area contributed by atoms with Gasteiger partial charge >= 0.3 is 5.66 Å². The van der Waals surface area contributed by atoms with Gasteiger partial charge in [0.25, 0.3) is 0 Å². The normalized spacial score (nSPS) is 19.5. The summed E-state index contributed by atoms with van der Waals surface area (Å²) in [5.41, 5.74) is -2.17. The molecule has 0 aliphatic carbocycles. The fourth-order valence-corrected chi connectivity index (χ4v) is 0.976. The van der Waals surface area contributed by atoms with Crippen molar-refractivity contribution >= 4 is 6.41 Å². The Kier molecular flexibility index (Phi) is 1.67. The lowest BCUT2D eigenvalue weighted by Gasteiger charge is -2.32. The van der Waals surface area contributed by atoms with Crippen molar-refractivity contribution in [3.8, 4) is 0 Å². The molecule has 0 radical (unpaired) electrons. The number of carbonyl (C=O) groups excluding carboxylic acids is 1. The summed E-state index contributed by atoms with van der Waals surface area (Å²) in [6, 6.07) is 0. The summed E-state index contributed by atoms with van der Waals surface area (Å²) in [6.45, 7) is -0.896. The molecule has 0 aromatic carbocycles. The minimum Gasteiger partial charge on any atom is -0.317 e. The van der Waals surface area contributed by atoms with Gasteiger partial charge in [0.1, 0.15) is 9.85 Å². The van der Waals surface area contributed by atoms with Gasteiger partial charge in [0.15, 0.2) is 13.1 Å². The van der Waals surface area contributed by atoms with E-state index in [-0.39, 0.29) is 0 Å². The zero-order valence-corrected chi connectivity index (χ0v) is 5.87. The highest BCUT2D eigenvalue weighted by Crippen LogP contribution is 2.23. The molecule has 0 bridgehead atoms. The second-order valence-corrected chi connectivity index (χ2v) is 2.51. The highest BCUT2D eigenvalue weighted by molar-refractivity contribution is 5.49. The van der Waals surface area contributed by atoms with Crippen molar-refractivity contribution in [3.63, 3.8) is 0 Å². The number of hydrogen-bond donors (Lipinski definition) is 0. The van der Waals surface area contributed by atoms with Crippen LogP contribution in [0, 0.1) is 20.2 Å². The number of likely N-dealkylation sites (tertiary alicyclic amines) is 1. The number of carbonyl (C=O) groups is 1. The van der Waals surface area contributed by atoms with Gasteiger partial charge in [-0.25, -0.2) is 0 Å². The molecule has 0 aromatic rings. The molecule has 1 amide bonds. The van der Waals surface area contributed by atoms with Crippen molar-refractivity contribution in [2.75, 3.05) is 13.1 Å². The average molecular weight is 175 g/mol. The van der Waals surface area contributed by atoms with Crippen molar-refractivity contribution in [2.45, 2.75) is 5.66 Å². The highest BCUT2D eigenvalue weighted by Gasteiger charge is 2.66. The Labute approximate surface area is 66.1 Å². The van der Waals surface area contributed by atoms with Crippen LogP contribution in [0.5, 0.6) is 0 Å². The molecule has 1 aliphatic heterocycles. The number of rotatable bonds is 3. The maximum Gasteiger partial charge on any atom is 0.492 e. The van der Waals surface area contributed by atoms with Crippen LogP contribution in [0.2, 0.25) is 0 Å². The summed E-state index contributed by atoms with van der Waals surface area (Å²) in [4.78, 5) is 29.5. The highest BCUT2D eigenvalue weighted by atomic mass is 16.7. The first kappa shape index (κ1) is 8.37. The van der Waals surface area contributed by atoms with Crippen molar-refractivity contribution < 1.29 is 14.6 Å². The van der Waals surface area contributed by atoms with Gasteiger partial charge in [-0.05, 0) is 0 Å². The molecule has 0 spiro atoms. The molecule has 1 rings (SSSR count). The molecule has 0 N–H and O–H groups in total. The topological polar surface area (TPSA) is 107 Å². The fourth-order valence-electron chi connectivity index (χ4n) is 0.976. The quantitative estimate of drug-likeness (QED) is 0.229. The lowest BCUT2D eigenvalue weighted by Crippen LogP contribution is -2.69. The molecule has 0 saturated carbocycles. The fraction of sp³-hybridized carbons (Fsp3) is 0.750. The lowest BCUT2D eigenvalue weighted by molar-refractivity contribution is -0.809. The van der Waals surface area contributed by atoms with Crippen LogP contribution in [-0.4, -0.2) is 39.9 Å². The minimum atomic E-state index is -2.17. The maximum absolute atomic E-state index is 10.2. The molecule has 8 heteroatoms. The number of hydrogen-bond acceptors (Lipinski definition) is 5. The van der Waals surface area contributed by atoms with Gasteiger partial charge in [0, 0.05) is 0 Å². The summed E-state index contributed by atoms with van der Waals surface area (Å²) in [5, 5.41) is 20.5. The molecule has 66 valence electrons. The van der Waals surface area contributed by atoms with E-state index >= 15 is 0 Å². The Morgan fingerprint density at radius 1 is 1.25 bits per heavy atom. The van der Waals surface area contributed by atoms with Crippen LogP contribution in [-0.2, 0) is 4.79 Å². The second-order valence-electron chi connectivity index (χ2n) is 2.51. The SMILES string of the molecule is O=CN1CC([N+](=O)[O-])([N+](=O)[O-])C1. The van der Waals surface area contributed by atoms with Crippen LogP contribution < -0.4 is 0 Å². The van der Waals surface area contributed by atoms with Crippen LogP contribution in [0.25, 0.3) is 0 Å². The molecular weight excluding hydrogens is 170 g/mol. The Bertz CT molecular complexity index is 229. The largest absolute Gasteiger partial charge is 0.492 e. The molecule has 1 fully saturated rings. The van der Waals surface area contributed by atoms with Crippen molar-refractivity contribution in [3.05, 3.63) is 20.2 Å². The Morgan fingerprint density at radius 2 is 1.67 bits per heavy atom. The Hall–Kier alpha value is -1.73. The second kappa shape index (κ2) is 2.40. The van der Waals surface area contributed by atoms with Gasteiger partial charge in [-0.2, -0.15) is 0 Å². The third-order valence-electron chi connectivity index (χ3n) is 1.74. The zero-order valence-electron chi connectivity index (χ0n) is 5.87. The van der Waals surface area contributed by atoms with Gasteiger partial charge in [0.05, 0.1) is 0 Å². The van der Waals surface area contributed by atoms with E-state index in [4.69, 9.17) is 0 Å². The van der Waals surface area contributed by atoms with E-state index < -0.39 is 28.6 Å². The van der Waals surface area contributed by atoms with Crippen molar-refractivity contribution in [1.29, 1.82) is 0 Å². The molecular formula is C4H5N3O5. The van der Waals surface area contributed by atoms with E-state index in [0.717, 1.165) is 4.90 Å². The molecule has 1 saturated heterocycles. The van der Waals surface area contributed by atoms with Crippen LogP contribution in [0.1, 0.15) is 0 Å². The molecule has 0 aromatic heterocycles. The van der Waals surface area contributed by atoms with Gasteiger partial charge in [0.2, 0.25) is 6.41 Å². The van der Waals surface area contributed by atoms with E-state index in [2.05, 4.69) is 0 Å². The van der Waals surface area contributed by atoms with Crippen LogP contribution in [0.4, 0.5) is 0 Å². The lowest BCUT2D eigenvalue weighted by atomic mass is 10.0. The Morgan fingerprint density at radius 3 is 1.92 bits per heavy atom. The predicted molar refractivity (Wildman–Crippen MR) is 34.4 cm³/mol. The number of amides is 1. The van der Waals surface area contributed by atoms with Crippen molar-refractivity contribution in [1.82, 2.24) is 4.90 Å². The summed E-state index contributed by atoms with van der Waals surface area (Å²) < 4.78 is 0. The zero-order chi connectivity index (χ0) is 9.35. The molecule has 1 aliphatic rings. The first-order valence-electron chi connectivity index (χ1n) is 3.01. The minimum absolute atomic E-state index is 0.352. The summed E-state index contributed by atoms with van der Waals surface area (Å²) in [7, 11) is 0. The van der Waals surface area contributed by atoms with Gasteiger partial charge in [-0.15, -0.1) is 0 Å². The maximum atomic E-state index is 10.2. The Balaban J connectivity index is 2.75. The summed E-state index contributed by atoms with van der Waals surface area (Å²) in [6.07, 6.45) is 0.352. The van der Waals surface area contributed by atoms with Gasteiger partial charge in [-0.3, -0.25) is 25.0 Å². The smallest absolute Gasteiger partial charge is 0.317 e. The van der Waals surface area contributed by atoms with Crippen LogP contribution in [0.3, 0.4) is 0 Å². The predicted octanol–water partition coefficient (Wildman–Crippen LogP) is -1.29. The third kappa shape index (κ3) is 0.881. The van der Waals surface area contributed by atoms with E-state index in [1.54, 1.807) is 0 Å². The monoisotopic (exact) mass is 175 g/mol. The molecule has 0 unspecified atom stereocenters. The van der Waals surface area contributed by atoms with Gasteiger partial charge < -0.3 is 4.90 Å². The van der Waals surface area contributed by atoms with E-state index in [1.807, 2.05) is 0 Å². The van der Waals surface area contributed by atoms with Crippen LogP contribution >= 0.6 is 0 Å². The molecule has 12 heavy (non-hydrogen) atoms. The summed E-state index contributed by atoms with van der Waals surface area (Å²) in [5.74, 6) is 0. The van der Waals surface area contributed by atoms with E-state index in [9.17, 15) is 25.0 Å². The average Bonchev–Trinajstić information content (AvgIpc) is 1.83. The molecule has 1 heterocycles. The van der Waals surface area contributed by atoms with E-state index in [1.165, 1.54) is 0 Å². The van der Waals surface area contributed by atoms with Gasteiger partial charge in [-0.1, -0.05) is 0 Å². The number of nitrogens with zero attached hydrogens (tertiary/aromatic N) is 3. The first-order valence-corrected chi connectivity index (χ1v) is 3.01. The number of nitro groups is 2. The summed E-state index contributed by atoms with van der Waals surface area (Å²) >= 11 is 0. The third-order valence-corrected chi connectivity index (χ3v) is 1.74. The molecule has 0 atom stereocenters. The standard InChI is InChI=1S/C4H5N3O5/c8-3-5-1-4(2-5,6(9)10)7(11)12/h3H,1-2H2. The molecule has 8 nitrogen and oxygen atoms in total. The van der Waals surface area contributed by atoms with Crippen LogP contribution in [0.15, 0.2) is 0 Å². The first-order chi connectivity index (χ1) is 5.53. The van der Waals surface area contributed by atoms with E-state index in [0.29, 0.717) is 6.41 Å².